The van der Waals surface area contributed by atoms with E-state index in [-0.39, 0.29) is 12.3 Å². The molecule has 29 heavy (non-hydrogen) atoms. The lowest BCUT2D eigenvalue weighted by atomic mass is 9.93. The maximum absolute atomic E-state index is 12.6. The van der Waals surface area contributed by atoms with Crippen LogP contribution in [0.25, 0.3) is 0 Å². The van der Waals surface area contributed by atoms with Crippen LogP contribution in [0.4, 0.5) is 0 Å². The van der Waals surface area contributed by atoms with Crippen LogP contribution < -0.4 is 5.32 Å². The molecule has 1 heterocycles. The van der Waals surface area contributed by atoms with Gasteiger partial charge in [0.1, 0.15) is 0 Å². The Bertz CT molecular complexity index is 948. The summed E-state index contributed by atoms with van der Waals surface area (Å²) in [6.07, 6.45) is 3.83. The predicted molar refractivity (Wildman–Crippen MR) is 110 cm³/mol. The Hall–Kier alpha value is -3.41. The van der Waals surface area contributed by atoms with Gasteiger partial charge in [-0.15, -0.1) is 0 Å². The number of amides is 1. The molecule has 0 saturated heterocycles. The Morgan fingerprint density at radius 3 is 2.31 bits per heavy atom. The summed E-state index contributed by atoms with van der Waals surface area (Å²) in [5, 5.41) is 16.5. The van der Waals surface area contributed by atoms with Crippen molar-refractivity contribution in [2.75, 3.05) is 0 Å². The van der Waals surface area contributed by atoms with Gasteiger partial charge in [0, 0.05) is 12.4 Å². The SMILES string of the molecule is Cc1ccc([C@@H](NC(=O)Cc2ccc(Cn3cccn3)cc2)[C@@H](C)C(=O)O)cc1. The average Bonchev–Trinajstić information content (AvgIpc) is 3.21. The molecule has 0 bridgehead atoms. The highest BCUT2D eigenvalue weighted by atomic mass is 16.4. The van der Waals surface area contributed by atoms with Gasteiger partial charge in [0.15, 0.2) is 0 Å². The number of aromatic nitrogens is 2. The summed E-state index contributed by atoms with van der Waals surface area (Å²) in [5.41, 5.74) is 3.83. The number of carbonyl (C=O) groups excluding carboxylic acids is 1. The number of rotatable bonds is 8. The van der Waals surface area contributed by atoms with Crippen molar-refractivity contribution in [3.8, 4) is 0 Å². The maximum Gasteiger partial charge on any atom is 0.308 e. The number of hydrogen-bond donors (Lipinski definition) is 2. The summed E-state index contributed by atoms with van der Waals surface area (Å²) < 4.78 is 1.83. The zero-order valence-corrected chi connectivity index (χ0v) is 16.6. The molecule has 6 nitrogen and oxygen atoms in total. The topological polar surface area (TPSA) is 84.2 Å². The third-order valence-electron chi connectivity index (χ3n) is 4.93. The Morgan fingerprint density at radius 1 is 1.07 bits per heavy atom. The normalized spacial score (nSPS) is 12.9. The molecule has 0 aliphatic heterocycles. The molecule has 0 aliphatic carbocycles. The van der Waals surface area contributed by atoms with Gasteiger partial charge < -0.3 is 10.4 Å². The van der Waals surface area contributed by atoms with Gasteiger partial charge >= 0.3 is 5.97 Å². The fourth-order valence-electron chi connectivity index (χ4n) is 3.17. The van der Waals surface area contributed by atoms with Gasteiger partial charge in [-0.3, -0.25) is 14.3 Å². The number of nitrogens with zero attached hydrogens (tertiary/aromatic N) is 2. The lowest BCUT2D eigenvalue weighted by Crippen LogP contribution is -2.36. The standard InChI is InChI=1S/C23H25N3O3/c1-16-4-10-20(11-5-16)22(17(2)23(28)29)25-21(27)14-18-6-8-19(9-7-18)15-26-13-3-12-24-26/h3-13,17,22H,14-15H2,1-2H3,(H,25,27)(H,28,29)/t17-,22+/m1/s1. The summed E-state index contributed by atoms with van der Waals surface area (Å²) in [6.45, 7) is 4.25. The van der Waals surface area contributed by atoms with Crippen molar-refractivity contribution in [1.29, 1.82) is 0 Å². The predicted octanol–water partition coefficient (Wildman–Crippen LogP) is 3.36. The Labute approximate surface area is 170 Å². The highest BCUT2D eigenvalue weighted by molar-refractivity contribution is 5.80. The molecule has 0 fully saturated rings. The molecule has 0 aliphatic rings. The smallest absolute Gasteiger partial charge is 0.308 e. The number of aryl methyl sites for hydroxylation is 1. The van der Waals surface area contributed by atoms with E-state index in [1.807, 2.05) is 72.4 Å². The second-order valence-corrected chi connectivity index (χ2v) is 7.28. The van der Waals surface area contributed by atoms with Crippen molar-refractivity contribution in [2.45, 2.75) is 32.9 Å². The van der Waals surface area contributed by atoms with E-state index in [1.165, 1.54) is 0 Å². The molecule has 150 valence electrons. The number of aliphatic carboxylic acids is 1. The highest BCUT2D eigenvalue weighted by Gasteiger charge is 2.26. The molecule has 1 aromatic heterocycles. The third-order valence-corrected chi connectivity index (χ3v) is 4.93. The van der Waals surface area contributed by atoms with Gasteiger partial charge in [-0.05, 0) is 36.6 Å². The number of hydrogen-bond acceptors (Lipinski definition) is 3. The molecular weight excluding hydrogens is 366 g/mol. The first-order chi connectivity index (χ1) is 13.9. The van der Waals surface area contributed by atoms with Crippen LogP contribution in [0.1, 0.15) is 35.2 Å². The van der Waals surface area contributed by atoms with E-state index in [2.05, 4.69) is 10.4 Å². The average molecular weight is 391 g/mol. The molecule has 3 aromatic rings. The van der Waals surface area contributed by atoms with E-state index in [0.29, 0.717) is 6.54 Å². The Kier molecular flexibility index (Phi) is 6.44. The molecule has 6 heteroatoms. The van der Waals surface area contributed by atoms with Gasteiger partial charge in [0.2, 0.25) is 5.91 Å². The molecule has 0 spiro atoms. The fourth-order valence-corrected chi connectivity index (χ4v) is 3.17. The Balaban J connectivity index is 1.66. The first kappa shape index (κ1) is 20.3. The fraction of sp³-hybridized carbons (Fsp3) is 0.261. The third kappa shape index (κ3) is 5.54. The second kappa shape index (κ2) is 9.19. The molecule has 3 rings (SSSR count). The molecule has 0 saturated carbocycles. The van der Waals surface area contributed by atoms with Crippen LogP contribution in [0.15, 0.2) is 67.0 Å². The van der Waals surface area contributed by atoms with E-state index in [9.17, 15) is 14.7 Å². The minimum Gasteiger partial charge on any atom is -0.481 e. The number of carboxylic acids is 1. The molecular formula is C23H25N3O3. The number of carboxylic acid groups (broad SMARTS) is 1. The first-order valence-corrected chi connectivity index (χ1v) is 9.56. The van der Waals surface area contributed by atoms with Crippen LogP contribution in [0.3, 0.4) is 0 Å². The summed E-state index contributed by atoms with van der Waals surface area (Å²) in [4.78, 5) is 24.1. The molecule has 2 N–H and O–H groups in total. The van der Waals surface area contributed by atoms with E-state index < -0.39 is 17.9 Å². The van der Waals surface area contributed by atoms with Crippen LogP contribution in [-0.2, 0) is 22.6 Å². The van der Waals surface area contributed by atoms with Crippen molar-refractivity contribution >= 4 is 11.9 Å². The molecule has 2 atom stereocenters. The molecule has 2 aromatic carbocycles. The summed E-state index contributed by atoms with van der Waals surface area (Å²) in [7, 11) is 0. The van der Waals surface area contributed by atoms with Crippen LogP contribution >= 0.6 is 0 Å². The van der Waals surface area contributed by atoms with Crippen molar-refractivity contribution in [2.24, 2.45) is 5.92 Å². The van der Waals surface area contributed by atoms with E-state index in [0.717, 1.165) is 22.3 Å². The van der Waals surface area contributed by atoms with E-state index in [4.69, 9.17) is 0 Å². The summed E-state index contributed by atoms with van der Waals surface area (Å²) >= 11 is 0. The van der Waals surface area contributed by atoms with Gasteiger partial charge in [-0.1, -0.05) is 54.1 Å². The highest BCUT2D eigenvalue weighted by Crippen LogP contribution is 2.23. The first-order valence-electron chi connectivity index (χ1n) is 9.56. The monoisotopic (exact) mass is 391 g/mol. The van der Waals surface area contributed by atoms with Crippen LogP contribution in [0, 0.1) is 12.8 Å². The van der Waals surface area contributed by atoms with Crippen molar-refractivity contribution < 1.29 is 14.7 Å². The van der Waals surface area contributed by atoms with Crippen molar-refractivity contribution in [3.05, 3.63) is 89.2 Å². The summed E-state index contributed by atoms with van der Waals surface area (Å²) in [6, 6.07) is 16.6. The summed E-state index contributed by atoms with van der Waals surface area (Å²) in [5.74, 6) is -1.89. The minimum atomic E-state index is -0.946. The molecule has 1 amide bonds. The van der Waals surface area contributed by atoms with Crippen molar-refractivity contribution in [3.63, 3.8) is 0 Å². The number of nitrogens with one attached hydrogen (secondary N) is 1. The van der Waals surface area contributed by atoms with Gasteiger partial charge in [-0.2, -0.15) is 5.10 Å². The van der Waals surface area contributed by atoms with Gasteiger partial charge in [0.05, 0.1) is 24.9 Å². The van der Waals surface area contributed by atoms with Gasteiger partial charge in [-0.25, -0.2) is 0 Å². The minimum absolute atomic E-state index is 0.191. The largest absolute Gasteiger partial charge is 0.481 e. The van der Waals surface area contributed by atoms with Crippen LogP contribution in [-0.4, -0.2) is 26.8 Å². The van der Waals surface area contributed by atoms with Crippen LogP contribution in [0.2, 0.25) is 0 Å². The zero-order chi connectivity index (χ0) is 20.8. The maximum atomic E-state index is 12.6. The number of benzene rings is 2. The van der Waals surface area contributed by atoms with E-state index in [1.54, 1.807) is 13.1 Å². The molecule has 0 unspecified atom stereocenters. The van der Waals surface area contributed by atoms with Crippen LogP contribution in [0.5, 0.6) is 0 Å². The lowest BCUT2D eigenvalue weighted by molar-refractivity contribution is -0.142. The van der Waals surface area contributed by atoms with Crippen molar-refractivity contribution in [1.82, 2.24) is 15.1 Å². The molecule has 0 radical (unpaired) electrons. The quantitative estimate of drug-likeness (QED) is 0.617. The Morgan fingerprint density at radius 2 is 1.72 bits per heavy atom. The number of carbonyl (C=O) groups is 2. The zero-order valence-electron chi connectivity index (χ0n) is 16.6. The lowest BCUT2D eigenvalue weighted by Gasteiger charge is -2.23. The van der Waals surface area contributed by atoms with E-state index >= 15 is 0 Å². The van der Waals surface area contributed by atoms with Gasteiger partial charge in [0.25, 0.3) is 0 Å². The second-order valence-electron chi connectivity index (χ2n) is 7.28.